The van der Waals surface area contributed by atoms with Crippen molar-refractivity contribution in [3.8, 4) is 0 Å². The minimum Gasteiger partial charge on any atom is -0.369 e. The fourth-order valence-electron chi connectivity index (χ4n) is 1.40. The number of nitrogens with two attached hydrogens (primary N) is 1. The molecule has 0 saturated heterocycles. The average Bonchev–Trinajstić information content (AvgIpc) is 2.19. The van der Waals surface area contributed by atoms with E-state index in [1.165, 1.54) is 0 Å². The van der Waals surface area contributed by atoms with Gasteiger partial charge < -0.3 is 5.73 Å². The first-order valence-electron chi connectivity index (χ1n) is 5.23. The molecule has 0 aliphatic carbocycles. The zero-order valence-electron chi connectivity index (χ0n) is 9.78. The molecule has 0 saturated carbocycles. The topological polar surface area (TPSA) is 59.2 Å². The molecule has 17 heavy (non-hydrogen) atoms. The summed E-state index contributed by atoms with van der Waals surface area (Å²) in [6.07, 6.45) is 0. The van der Waals surface area contributed by atoms with E-state index < -0.39 is 0 Å². The van der Waals surface area contributed by atoms with Gasteiger partial charge in [-0.3, -0.25) is 9.69 Å². The van der Waals surface area contributed by atoms with E-state index in [0.29, 0.717) is 16.9 Å². The number of rotatable bonds is 5. The molecule has 1 rings (SSSR count). The maximum Gasteiger partial charge on any atom is 0.231 e. The number of primary amides is 1. The van der Waals surface area contributed by atoms with Crippen molar-refractivity contribution in [3.05, 3.63) is 28.0 Å². The zero-order chi connectivity index (χ0) is 13.0. The van der Waals surface area contributed by atoms with Crippen molar-refractivity contribution in [2.24, 2.45) is 5.73 Å². The normalized spacial score (nSPS) is 11.2. The predicted octanol–water partition coefficient (Wildman–Crippen LogP) is 2.08. The Kier molecular flexibility index (Phi) is 5.18. The molecule has 94 valence electrons. The minimum atomic E-state index is -0.364. The average molecular weight is 276 g/mol. The van der Waals surface area contributed by atoms with Crippen LogP contribution in [0.5, 0.6) is 0 Å². The summed E-state index contributed by atoms with van der Waals surface area (Å²) in [5.74, 6) is -0.364. The van der Waals surface area contributed by atoms with Gasteiger partial charge in [0, 0.05) is 18.2 Å². The van der Waals surface area contributed by atoms with Crippen LogP contribution in [-0.2, 0) is 11.3 Å². The highest BCUT2D eigenvalue weighted by Crippen LogP contribution is 2.19. The third-order valence-corrected chi connectivity index (χ3v) is 2.89. The summed E-state index contributed by atoms with van der Waals surface area (Å²) in [6, 6.07) is 3.66. The highest BCUT2D eigenvalue weighted by Gasteiger charge is 2.14. The molecule has 0 unspecified atom stereocenters. The number of nitrogens with zero attached hydrogens (tertiary/aromatic N) is 2. The smallest absolute Gasteiger partial charge is 0.231 e. The number of halogens is 2. The van der Waals surface area contributed by atoms with E-state index in [9.17, 15) is 4.79 Å². The van der Waals surface area contributed by atoms with E-state index in [-0.39, 0.29) is 18.5 Å². The summed E-state index contributed by atoms with van der Waals surface area (Å²) in [7, 11) is 0. The fourth-order valence-corrected chi connectivity index (χ4v) is 1.80. The largest absolute Gasteiger partial charge is 0.369 e. The van der Waals surface area contributed by atoms with E-state index >= 15 is 0 Å². The number of aromatic nitrogens is 1. The summed E-state index contributed by atoms with van der Waals surface area (Å²) in [4.78, 5) is 16.8. The molecular formula is C11H15Cl2N3O. The first kappa shape index (κ1) is 14.2. The number of carbonyl (C=O) groups excluding carboxylic acids is 1. The van der Waals surface area contributed by atoms with Gasteiger partial charge >= 0.3 is 0 Å². The number of amides is 1. The van der Waals surface area contributed by atoms with Gasteiger partial charge in [0.05, 0.1) is 6.54 Å². The molecule has 0 spiro atoms. The number of pyridine rings is 1. The number of carbonyl (C=O) groups is 1. The molecule has 1 heterocycles. The van der Waals surface area contributed by atoms with Gasteiger partial charge in [-0.25, -0.2) is 4.98 Å². The number of hydrogen-bond donors (Lipinski definition) is 1. The molecule has 0 fully saturated rings. The van der Waals surface area contributed by atoms with Crippen LogP contribution in [0.2, 0.25) is 10.3 Å². The molecule has 2 N–H and O–H groups in total. The van der Waals surface area contributed by atoms with Crippen molar-refractivity contribution < 1.29 is 4.79 Å². The molecule has 0 bridgehead atoms. The molecule has 0 aliphatic rings. The Morgan fingerprint density at radius 2 is 2.12 bits per heavy atom. The predicted molar refractivity (Wildman–Crippen MR) is 69.0 cm³/mol. The second-order valence-electron chi connectivity index (χ2n) is 4.05. The first-order chi connectivity index (χ1) is 7.90. The maximum absolute atomic E-state index is 11.0. The standard InChI is InChI=1S/C11H15Cl2N3O/c1-7(2)16(6-10(14)17)5-8-3-4-9(12)15-11(8)13/h3-4,7H,5-6H2,1-2H3,(H2,14,17). The lowest BCUT2D eigenvalue weighted by atomic mass is 10.2. The second-order valence-corrected chi connectivity index (χ2v) is 4.79. The molecule has 0 aromatic carbocycles. The van der Waals surface area contributed by atoms with Gasteiger partial charge in [0.15, 0.2) is 0 Å². The molecular weight excluding hydrogens is 261 g/mol. The van der Waals surface area contributed by atoms with Gasteiger partial charge in [-0.1, -0.05) is 29.3 Å². The molecule has 0 radical (unpaired) electrons. The molecule has 0 aliphatic heterocycles. The van der Waals surface area contributed by atoms with Crippen molar-refractivity contribution >= 4 is 29.1 Å². The lowest BCUT2D eigenvalue weighted by Gasteiger charge is -2.25. The van der Waals surface area contributed by atoms with Crippen molar-refractivity contribution in [2.75, 3.05) is 6.54 Å². The van der Waals surface area contributed by atoms with Gasteiger partial charge in [-0.2, -0.15) is 0 Å². The van der Waals surface area contributed by atoms with Crippen molar-refractivity contribution in [2.45, 2.75) is 26.4 Å². The van der Waals surface area contributed by atoms with Crippen LogP contribution in [0.3, 0.4) is 0 Å². The Balaban J connectivity index is 2.82. The lowest BCUT2D eigenvalue weighted by molar-refractivity contribution is -0.119. The molecule has 1 amide bonds. The summed E-state index contributed by atoms with van der Waals surface area (Å²) in [6.45, 7) is 4.68. The van der Waals surface area contributed by atoms with Crippen LogP contribution in [0.4, 0.5) is 0 Å². The molecule has 6 heteroatoms. The van der Waals surface area contributed by atoms with Crippen LogP contribution in [0.15, 0.2) is 12.1 Å². The quantitative estimate of drug-likeness (QED) is 0.838. The molecule has 1 aromatic heterocycles. The Labute approximate surface area is 111 Å². The molecule has 1 aromatic rings. The van der Waals surface area contributed by atoms with Crippen molar-refractivity contribution in [1.82, 2.24) is 9.88 Å². The minimum absolute atomic E-state index is 0.189. The van der Waals surface area contributed by atoms with Gasteiger partial charge in [0.1, 0.15) is 10.3 Å². The van der Waals surface area contributed by atoms with Crippen LogP contribution < -0.4 is 5.73 Å². The van der Waals surface area contributed by atoms with Gasteiger partial charge in [-0.15, -0.1) is 0 Å². The lowest BCUT2D eigenvalue weighted by Crippen LogP contribution is -2.38. The van der Waals surface area contributed by atoms with Gasteiger partial charge in [0.2, 0.25) is 5.91 Å². The van der Waals surface area contributed by atoms with Gasteiger partial charge in [0.25, 0.3) is 0 Å². The van der Waals surface area contributed by atoms with Crippen molar-refractivity contribution in [3.63, 3.8) is 0 Å². The van der Waals surface area contributed by atoms with Crippen LogP contribution in [0.25, 0.3) is 0 Å². The van der Waals surface area contributed by atoms with E-state index in [4.69, 9.17) is 28.9 Å². The Morgan fingerprint density at radius 3 is 2.59 bits per heavy atom. The monoisotopic (exact) mass is 275 g/mol. The van der Waals surface area contributed by atoms with E-state index in [2.05, 4.69) is 4.98 Å². The fraction of sp³-hybridized carbons (Fsp3) is 0.455. The summed E-state index contributed by atoms with van der Waals surface area (Å²) < 4.78 is 0. The zero-order valence-corrected chi connectivity index (χ0v) is 11.3. The van der Waals surface area contributed by atoms with E-state index in [0.717, 1.165) is 5.56 Å². The number of hydrogen-bond acceptors (Lipinski definition) is 3. The van der Waals surface area contributed by atoms with Crippen LogP contribution in [-0.4, -0.2) is 28.4 Å². The Bertz CT molecular complexity index is 410. The maximum atomic E-state index is 11.0. The second kappa shape index (κ2) is 6.19. The summed E-state index contributed by atoms with van der Waals surface area (Å²) in [5, 5.41) is 0.706. The highest BCUT2D eigenvalue weighted by atomic mass is 35.5. The van der Waals surface area contributed by atoms with E-state index in [1.54, 1.807) is 12.1 Å². The van der Waals surface area contributed by atoms with Crippen LogP contribution >= 0.6 is 23.2 Å². The van der Waals surface area contributed by atoms with Crippen LogP contribution in [0, 0.1) is 0 Å². The third-order valence-electron chi connectivity index (χ3n) is 2.35. The van der Waals surface area contributed by atoms with Crippen LogP contribution in [0.1, 0.15) is 19.4 Å². The third kappa shape index (κ3) is 4.50. The molecule has 0 atom stereocenters. The Hall–Kier alpha value is -0.840. The SMILES string of the molecule is CC(C)N(CC(N)=O)Cc1ccc(Cl)nc1Cl. The first-order valence-corrected chi connectivity index (χ1v) is 5.99. The van der Waals surface area contributed by atoms with E-state index in [1.807, 2.05) is 18.7 Å². The molecule has 4 nitrogen and oxygen atoms in total. The summed E-state index contributed by atoms with van der Waals surface area (Å²) in [5.41, 5.74) is 6.02. The van der Waals surface area contributed by atoms with Crippen molar-refractivity contribution in [1.29, 1.82) is 0 Å². The van der Waals surface area contributed by atoms with Gasteiger partial charge in [-0.05, 0) is 19.9 Å². The summed E-state index contributed by atoms with van der Waals surface area (Å²) >= 11 is 11.7. The Morgan fingerprint density at radius 1 is 1.47 bits per heavy atom. The highest BCUT2D eigenvalue weighted by molar-refractivity contribution is 6.32.